The Kier molecular flexibility index (Phi) is 3.48. The molecular weight excluding hydrogens is 216 g/mol. The van der Waals surface area contributed by atoms with Crippen LogP contribution in [-0.4, -0.2) is 63.8 Å². The van der Waals surface area contributed by atoms with E-state index >= 15 is 0 Å². The molecule has 94 valence electrons. The average molecular weight is 234 g/mol. The van der Waals surface area contributed by atoms with Crippen molar-refractivity contribution < 1.29 is 29.9 Å². The van der Waals surface area contributed by atoms with Gasteiger partial charge in [0, 0.05) is 12.3 Å². The average Bonchev–Trinajstić information content (AvgIpc) is 2.18. The highest BCUT2D eigenvalue weighted by Gasteiger charge is 2.54. The van der Waals surface area contributed by atoms with Gasteiger partial charge in [0.05, 0.1) is 31.0 Å². The number of rotatable bonds is 3. The molecule has 1 saturated heterocycles. The summed E-state index contributed by atoms with van der Waals surface area (Å²) in [7, 11) is 0. The molecule has 0 amide bonds. The summed E-state index contributed by atoms with van der Waals surface area (Å²) < 4.78 is 10.5. The van der Waals surface area contributed by atoms with Crippen molar-refractivity contribution in [1.29, 1.82) is 0 Å². The first-order chi connectivity index (χ1) is 7.50. The predicted octanol–water partition coefficient (Wildman–Crippen LogP) is -1.79. The largest absolute Gasteiger partial charge is 0.391 e. The summed E-state index contributed by atoms with van der Waals surface area (Å²) in [4.78, 5) is 0. The van der Waals surface area contributed by atoms with Gasteiger partial charge in [0.15, 0.2) is 6.29 Å². The smallest absolute Gasteiger partial charge is 0.183 e. The lowest BCUT2D eigenvalue weighted by atomic mass is 9.71. The summed E-state index contributed by atoms with van der Waals surface area (Å²) in [5.74, 6) is -0.322. The molecule has 0 aromatic rings. The SMILES string of the molecule is CC(O)CO[C@H]1C[C@@H]2O[C@@H](O)[C@@H](O)[C@H](O)[C@@H]12. The van der Waals surface area contributed by atoms with E-state index in [9.17, 15) is 15.3 Å². The first kappa shape index (κ1) is 12.2. The Labute approximate surface area is 93.4 Å². The van der Waals surface area contributed by atoms with E-state index in [0.29, 0.717) is 6.42 Å². The second-order valence-electron chi connectivity index (χ2n) is 4.58. The van der Waals surface area contributed by atoms with Crippen molar-refractivity contribution in [3.8, 4) is 0 Å². The quantitative estimate of drug-likeness (QED) is 0.460. The monoisotopic (exact) mass is 234 g/mol. The van der Waals surface area contributed by atoms with Crippen LogP contribution in [0.1, 0.15) is 13.3 Å². The van der Waals surface area contributed by atoms with Crippen molar-refractivity contribution in [3.63, 3.8) is 0 Å². The highest BCUT2D eigenvalue weighted by atomic mass is 16.6. The third-order valence-corrected chi connectivity index (χ3v) is 3.23. The van der Waals surface area contributed by atoms with Gasteiger partial charge in [-0.2, -0.15) is 0 Å². The maximum atomic E-state index is 9.74. The highest BCUT2D eigenvalue weighted by Crippen LogP contribution is 2.41. The van der Waals surface area contributed by atoms with E-state index in [2.05, 4.69) is 0 Å². The van der Waals surface area contributed by atoms with Crippen LogP contribution in [0.5, 0.6) is 0 Å². The number of hydrogen-bond acceptors (Lipinski definition) is 6. The summed E-state index contributed by atoms with van der Waals surface area (Å²) in [5.41, 5.74) is 0. The van der Waals surface area contributed by atoms with E-state index in [1.807, 2.05) is 0 Å². The fraction of sp³-hybridized carbons (Fsp3) is 1.00. The first-order valence-corrected chi connectivity index (χ1v) is 5.50. The molecule has 6 nitrogen and oxygen atoms in total. The molecule has 0 aromatic heterocycles. The van der Waals surface area contributed by atoms with Crippen LogP contribution >= 0.6 is 0 Å². The summed E-state index contributed by atoms with van der Waals surface area (Å²) in [6.45, 7) is 1.81. The molecule has 4 N–H and O–H groups in total. The molecule has 6 heteroatoms. The van der Waals surface area contributed by atoms with Crippen molar-refractivity contribution in [1.82, 2.24) is 0 Å². The molecule has 1 heterocycles. The van der Waals surface area contributed by atoms with Crippen LogP contribution in [0.3, 0.4) is 0 Å². The molecule has 1 aliphatic carbocycles. The van der Waals surface area contributed by atoms with Gasteiger partial charge in [-0.3, -0.25) is 0 Å². The zero-order chi connectivity index (χ0) is 11.9. The molecule has 1 saturated carbocycles. The van der Waals surface area contributed by atoms with Gasteiger partial charge in [0.2, 0.25) is 0 Å². The zero-order valence-corrected chi connectivity index (χ0v) is 9.06. The van der Waals surface area contributed by atoms with Crippen LogP contribution < -0.4 is 0 Å². The second kappa shape index (κ2) is 4.56. The fourth-order valence-corrected chi connectivity index (χ4v) is 2.27. The number of hydrogen-bond donors (Lipinski definition) is 4. The standard InChI is InChI=1S/C10H18O6/c1-4(11)3-15-5-2-6-7(5)8(12)9(13)10(14)16-6/h4-14H,2-3H2,1H3/t4?,5-,6-,7-,8+,9-,10+/m0/s1. The highest BCUT2D eigenvalue weighted by molar-refractivity contribution is 5.01. The van der Waals surface area contributed by atoms with Crippen molar-refractivity contribution in [3.05, 3.63) is 0 Å². The zero-order valence-electron chi connectivity index (χ0n) is 9.06. The van der Waals surface area contributed by atoms with E-state index in [-0.39, 0.29) is 24.7 Å². The summed E-state index contributed by atoms with van der Waals surface area (Å²) in [5, 5.41) is 37.5. The molecule has 2 fully saturated rings. The molecule has 1 aliphatic heterocycles. The van der Waals surface area contributed by atoms with Crippen LogP contribution in [0.25, 0.3) is 0 Å². The molecule has 2 rings (SSSR count). The van der Waals surface area contributed by atoms with Gasteiger partial charge in [-0.05, 0) is 6.92 Å². The third kappa shape index (κ3) is 2.09. The van der Waals surface area contributed by atoms with Gasteiger partial charge in [0.1, 0.15) is 6.10 Å². The normalized spacial score (nSPS) is 49.3. The summed E-state index contributed by atoms with van der Waals surface area (Å²) >= 11 is 0. The molecule has 1 unspecified atom stereocenters. The maximum absolute atomic E-state index is 9.74. The lowest BCUT2D eigenvalue weighted by molar-refractivity contribution is -0.320. The number of aliphatic hydroxyl groups is 4. The number of ether oxygens (including phenoxy) is 2. The maximum Gasteiger partial charge on any atom is 0.183 e. The minimum atomic E-state index is -1.33. The van der Waals surface area contributed by atoms with Gasteiger partial charge in [-0.25, -0.2) is 0 Å². The van der Waals surface area contributed by atoms with Gasteiger partial charge < -0.3 is 29.9 Å². The van der Waals surface area contributed by atoms with Crippen LogP contribution in [0.4, 0.5) is 0 Å². The first-order valence-electron chi connectivity index (χ1n) is 5.50. The van der Waals surface area contributed by atoms with Crippen molar-refractivity contribution in [2.24, 2.45) is 5.92 Å². The van der Waals surface area contributed by atoms with E-state index in [1.54, 1.807) is 6.92 Å². The third-order valence-electron chi connectivity index (χ3n) is 3.23. The topological polar surface area (TPSA) is 99.4 Å². The van der Waals surface area contributed by atoms with E-state index in [4.69, 9.17) is 14.6 Å². The van der Waals surface area contributed by atoms with Crippen LogP contribution in [0.15, 0.2) is 0 Å². The van der Waals surface area contributed by atoms with E-state index in [0.717, 1.165) is 0 Å². The molecule has 0 aromatic carbocycles. The van der Waals surface area contributed by atoms with Crippen molar-refractivity contribution in [2.75, 3.05) is 6.61 Å². The van der Waals surface area contributed by atoms with Gasteiger partial charge in [-0.15, -0.1) is 0 Å². The lowest BCUT2D eigenvalue weighted by Crippen LogP contribution is -2.65. The Bertz CT molecular complexity index is 245. The van der Waals surface area contributed by atoms with E-state index < -0.39 is 24.6 Å². The molecule has 0 radical (unpaired) electrons. The summed E-state index contributed by atoms with van der Waals surface area (Å²) in [6, 6.07) is 0. The molecule has 7 atom stereocenters. The molecule has 0 bridgehead atoms. The summed E-state index contributed by atoms with van der Waals surface area (Å²) in [6.07, 6.45) is -4.15. The Morgan fingerprint density at radius 3 is 2.62 bits per heavy atom. The van der Waals surface area contributed by atoms with Gasteiger partial charge >= 0.3 is 0 Å². The second-order valence-corrected chi connectivity index (χ2v) is 4.58. The Morgan fingerprint density at radius 1 is 1.31 bits per heavy atom. The minimum Gasteiger partial charge on any atom is -0.391 e. The van der Waals surface area contributed by atoms with Crippen molar-refractivity contribution in [2.45, 2.75) is 50.2 Å². The predicted molar refractivity (Wildman–Crippen MR) is 52.4 cm³/mol. The Morgan fingerprint density at radius 2 is 2.00 bits per heavy atom. The Hall–Kier alpha value is -0.240. The Balaban J connectivity index is 1.89. The van der Waals surface area contributed by atoms with Gasteiger partial charge in [0.25, 0.3) is 0 Å². The molecule has 0 spiro atoms. The van der Waals surface area contributed by atoms with Crippen molar-refractivity contribution >= 4 is 0 Å². The number of aliphatic hydroxyl groups excluding tert-OH is 4. The lowest BCUT2D eigenvalue weighted by Gasteiger charge is -2.52. The fourth-order valence-electron chi connectivity index (χ4n) is 2.27. The molecule has 2 aliphatic rings. The number of fused-ring (bicyclic) bond motifs is 1. The molecular formula is C10H18O6. The molecule has 16 heavy (non-hydrogen) atoms. The van der Waals surface area contributed by atoms with E-state index in [1.165, 1.54) is 0 Å². The van der Waals surface area contributed by atoms with Gasteiger partial charge in [-0.1, -0.05) is 0 Å². The minimum absolute atomic E-state index is 0.194. The van der Waals surface area contributed by atoms with Crippen LogP contribution in [0, 0.1) is 5.92 Å². The van der Waals surface area contributed by atoms with Crippen LogP contribution in [0.2, 0.25) is 0 Å². The van der Waals surface area contributed by atoms with Crippen LogP contribution in [-0.2, 0) is 9.47 Å².